The lowest BCUT2D eigenvalue weighted by molar-refractivity contribution is -0.384. The molecule has 3 aromatic carbocycles. The fourth-order valence-electron chi connectivity index (χ4n) is 2.98. The smallest absolute Gasteiger partial charge is 0.269 e. The summed E-state index contributed by atoms with van der Waals surface area (Å²) >= 11 is 2.12. The molecule has 0 unspecified atom stereocenters. The van der Waals surface area contributed by atoms with Crippen LogP contribution in [0.25, 0.3) is 6.08 Å². The number of nitrogens with zero attached hydrogens (tertiary/aromatic N) is 2. The molecule has 9 heteroatoms. The molecule has 34 heavy (non-hydrogen) atoms. The van der Waals surface area contributed by atoms with E-state index in [4.69, 9.17) is 9.47 Å². The highest BCUT2D eigenvalue weighted by Crippen LogP contribution is 2.35. The van der Waals surface area contributed by atoms with Crippen molar-refractivity contribution in [3.63, 3.8) is 0 Å². The molecule has 0 aliphatic heterocycles. The van der Waals surface area contributed by atoms with Crippen molar-refractivity contribution in [2.75, 3.05) is 11.9 Å². The number of anilines is 1. The lowest BCUT2D eigenvalue weighted by atomic mass is 10.1. The van der Waals surface area contributed by atoms with Crippen LogP contribution in [0.15, 0.2) is 72.3 Å². The third-order valence-corrected chi connectivity index (χ3v) is 5.37. The van der Waals surface area contributed by atoms with Gasteiger partial charge in [-0.1, -0.05) is 30.3 Å². The molecular formula is C25H20IN3O5. The number of rotatable bonds is 9. The van der Waals surface area contributed by atoms with Gasteiger partial charge in [0, 0.05) is 17.8 Å². The second kappa shape index (κ2) is 11.8. The molecule has 1 amide bonds. The molecule has 0 aliphatic rings. The number of ether oxygens (including phenoxy) is 2. The summed E-state index contributed by atoms with van der Waals surface area (Å²) in [4.78, 5) is 22.8. The number of non-ortho nitro benzene ring substituents is 1. The lowest BCUT2D eigenvalue weighted by Crippen LogP contribution is -2.13. The zero-order valence-corrected chi connectivity index (χ0v) is 20.3. The monoisotopic (exact) mass is 569 g/mol. The number of amides is 1. The maximum Gasteiger partial charge on any atom is 0.269 e. The van der Waals surface area contributed by atoms with Crippen molar-refractivity contribution < 1.29 is 19.2 Å². The van der Waals surface area contributed by atoms with Crippen LogP contribution in [-0.2, 0) is 11.4 Å². The topological polar surface area (TPSA) is 114 Å². The number of halogens is 1. The predicted octanol–water partition coefficient (Wildman–Crippen LogP) is 5.72. The summed E-state index contributed by atoms with van der Waals surface area (Å²) in [6.07, 6.45) is 1.45. The average molecular weight is 569 g/mol. The van der Waals surface area contributed by atoms with Gasteiger partial charge in [-0.05, 0) is 71.0 Å². The van der Waals surface area contributed by atoms with Crippen LogP contribution >= 0.6 is 22.6 Å². The minimum Gasteiger partial charge on any atom is -0.490 e. The summed E-state index contributed by atoms with van der Waals surface area (Å²) < 4.78 is 12.5. The van der Waals surface area contributed by atoms with Crippen molar-refractivity contribution in [1.82, 2.24) is 0 Å². The number of nitro benzene ring substituents is 1. The van der Waals surface area contributed by atoms with Crippen molar-refractivity contribution in [3.05, 3.63) is 97.1 Å². The Morgan fingerprint density at radius 1 is 1.15 bits per heavy atom. The standard InChI is InChI=1S/C25H20IN3O5/c1-2-33-23-14-18(13-22(26)24(23)34-16-17-6-4-3-5-7-17)12-19(15-27)25(30)28-20-8-10-21(11-9-20)29(31)32/h3-14H,2,16H2,1H3,(H,28,30)/b19-12-. The van der Waals surface area contributed by atoms with Crippen molar-refractivity contribution in [2.24, 2.45) is 0 Å². The van der Waals surface area contributed by atoms with E-state index in [1.165, 1.54) is 30.3 Å². The summed E-state index contributed by atoms with van der Waals surface area (Å²) in [6, 6.07) is 20.5. The van der Waals surface area contributed by atoms with Crippen LogP contribution in [0.1, 0.15) is 18.1 Å². The first-order chi connectivity index (χ1) is 16.4. The van der Waals surface area contributed by atoms with Gasteiger partial charge in [0.2, 0.25) is 0 Å². The molecule has 1 N–H and O–H groups in total. The number of carbonyl (C=O) groups excluding carboxylic acids is 1. The summed E-state index contributed by atoms with van der Waals surface area (Å²) in [7, 11) is 0. The molecular weight excluding hydrogens is 549 g/mol. The Hall–Kier alpha value is -3.91. The Kier molecular flexibility index (Phi) is 8.59. The Bertz CT molecular complexity index is 1250. The minimum absolute atomic E-state index is 0.0957. The van der Waals surface area contributed by atoms with Gasteiger partial charge in [0.1, 0.15) is 18.2 Å². The Morgan fingerprint density at radius 3 is 2.47 bits per heavy atom. The first-order valence-electron chi connectivity index (χ1n) is 10.2. The molecule has 0 radical (unpaired) electrons. The van der Waals surface area contributed by atoms with E-state index in [-0.39, 0.29) is 11.3 Å². The quantitative estimate of drug-likeness (QED) is 0.116. The van der Waals surface area contributed by atoms with Crippen LogP contribution in [0.2, 0.25) is 0 Å². The molecule has 172 valence electrons. The van der Waals surface area contributed by atoms with Gasteiger partial charge in [-0.25, -0.2) is 0 Å². The van der Waals surface area contributed by atoms with E-state index in [2.05, 4.69) is 27.9 Å². The number of hydrogen-bond donors (Lipinski definition) is 1. The Morgan fingerprint density at radius 2 is 1.85 bits per heavy atom. The molecule has 3 aromatic rings. The van der Waals surface area contributed by atoms with Gasteiger partial charge < -0.3 is 14.8 Å². The zero-order chi connectivity index (χ0) is 24.5. The van der Waals surface area contributed by atoms with E-state index in [1.54, 1.807) is 12.1 Å². The maximum atomic E-state index is 12.6. The van der Waals surface area contributed by atoms with Gasteiger partial charge in [-0.3, -0.25) is 14.9 Å². The van der Waals surface area contributed by atoms with Gasteiger partial charge >= 0.3 is 0 Å². The highest BCUT2D eigenvalue weighted by molar-refractivity contribution is 14.1. The second-order valence-corrected chi connectivity index (χ2v) is 8.13. The van der Waals surface area contributed by atoms with Crippen molar-refractivity contribution in [1.29, 1.82) is 5.26 Å². The van der Waals surface area contributed by atoms with Gasteiger partial charge in [0.25, 0.3) is 11.6 Å². The summed E-state index contributed by atoms with van der Waals surface area (Å²) in [5.41, 5.74) is 1.72. The highest BCUT2D eigenvalue weighted by atomic mass is 127. The zero-order valence-electron chi connectivity index (χ0n) is 18.2. The van der Waals surface area contributed by atoms with Crippen LogP contribution in [0, 0.1) is 25.0 Å². The summed E-state index contributed by atoms with van der Waals surface area (Å²) in [6.45, 7) is 2.64. The molecule has 0 heterocycles. The molecule has 0 atom stereocenters. The SMILES string of the molecule is CCOc1cc(/C=C(/C#N)C(=O)Nc2ccc([N+](=O)[O-])cc2)cc(I)c1OCc1ccccc1. The van der Waals surface area contributed by atoms with Gasteiger partial charge in [-0.15, -0.1) is 0 Å². The first kappa shape index (κ1) is 24.7. The molecule has 0 saturated heterocycles. The fraction of sp³-hybridized carbons (Fsp3) is 0.120. The first-order valence-corrected chi connectivity index (χ1v) is 11.3. The lowest BCUT2D eigenvalue weighted by Gasteiger charge is -2.15. The average Bonchev–Trinajstić information content (AvgIpc) is 2.83. The van der Waals surface area contributed by atoms with Crippen LogP contribution < -0.4 is 14.8 Å². The van der Waals surface area contributed by atoms with E-state index < -0.39 is 10.8 Å². The van der Waals surface area contributed by atoms with Crippen LogP contribution in [0.3, 0.4) is 0 Å². The normalized spacial score (nSPS) is 10.8. The van der Waals surface area contributed by atoms with Gasteiger partial charge in [0.15, 0.2) is 11.5 Å². The third-order valence-electron chi connectivity index (χ3n) is 4.57. The van der Waals surface area contributed by atoms with Gasteiger partial charge in [-0.2, -0.15) is 5.26 Å². The summed E-state index contributed by atoms with van der Waals surface area (Å²) in [5, 5.41) is 22.9. The van der Waals surface area contributed by atoms with E-state index in [1.807, 2.05) is 43.3 Å². The van der Waals surface area contributed by atoms with E-state index in [0.717, 1.165) is 9.13 Å². The maximum absolute atomic E-state index is 12.6. The van der Waals surface area contributed by atoms with Crippen LogP contribution in [-0.4, -0.2) is 17.4 Å². The van der Waals surface area contributed by atoms with Crippen LogP contribution in [0.4, 0.5) is 11.4 Å². The molecule has 0 aromatic heterocycles. The van der Waals surface area contributed by atoms with E-state index in [9.17, 15) is 20.2 Å². The summed E-state index contributed by atoms with van der Waals surface area (Å²) in [5.74, 6) is 0.454. The van der Waals surface area contributed by atoms with Crippen LogP contribution in [0.5, 0.6) is 11.5 Å². The fourth-order valence-corrected chi connectivity index (χ4v) is 3.77. The Balaban J connectivity index is 1.82. The molecule has 0 spiro atoms. The van der Waals surface area contributed by atoms with Crippen molar-refractivity contribution in [3.8, 4) is 17.6 Å². The molecule has 3 rings (SSSR count). The molecule has 0 bridgehead atoms. The number of nitro groups is 1. The number of hydrogen-bond acceptors (Lipinski definition) is 6. The van der Waals surface area contributed by atoms with Crippen molar-refractivity contribution >= 4 is 45.9 Å². The largest absolute Gasteiger partial charge is 0.490 e. The predicted molar refractivity (Wildman–Crippen MR) is 136 cm³/mol. The Labute approximate surface area is 210 Å². The molecule has 0 aliphatic carbocycles. The molecule has 0 saturated carbocycles. The second-order valence-electron chi connectivity index (χ2n) is 6.97. The van der Waals surface area contributed by atoms with E-state index >= 15 is 0 Å². The van der Waals surface area contributed by atoms with Crippen molar-refractivity contribution in [2.45, 2.75) is 13.5 Å². The molecule has 8 nitrogen and oxygen atoms in total. The number of nitrogens with one attached hydrogen (secondary N) is 1. The third kappa shape index (κ3) is 6.55. The number of benzene rings is 3. The number of carbonyl (C=O) groups is 1. The van der Waals surface area contributed by atoms with E-state index in [0.29, 0.717) is 36.0 Å². The van der Waals surface area contributed by atoms with Gasteiger partial charge in [0.05, 0.1) is 15.1 Å². The number of nitriles is 1. The highest BCUT2D eigenvalue weighted by Gasteiger charge is 2.15. The minimum atomic E-state index is -0.631. The molecule has 0 fully saturated rings.